The van der Waals surface area contributed by atoms with Gasteiger partial charge < -0.3 is 10.7 Å². The molecule has 0 fully saturated rings. The summed E-state index contributed by atoms with van der Waals surface area (Å²) in [6.07, 6.45) is 8.15. The fraction of sp³-hybridized carbons (Fsp3) is 0.0833. The summed E-state index contributed by atoms with van der Waals surface area (Å²) in [5, 5.41) is 11.5. The van der Waals surface area contributed by atoms with Gasteiger partial charge in [0, 0.05) is 65.7 Å². The highest BCUT2D eigenvalue weighted by molar-refractivity contribution is 6.08. The SMILES string of the molecule is CN/C=C(\C=N)c1cncc(-c2cc(-c3cc(C)ccc3F)nc3ncccc23)c1. The quantitative estimate of drug-likeness (QED) is 0.464. The molecule has 0 aliphatic carbocycles. The third kappa shape index (κ3) is 3.67. The number of halogens is 1. The minimum Gasteiger partial charge on any atom is -0.393 e. The summed E-state index contributed by atoms with van der Waals surface area (Å²) in [5.74, 6) is -0.329. The molecule has 0 spiro atoms. The van der Waals surface area contributed by atoms with Gasteiger partial charge in [-0.3, -0.25) is 4.98 Å². The lowest BCUT2D eigenvalue weighted by molar-refractivity contribution is 0.630. The van der Waals surface area contributed by atoms with Crippen LogP contribution in [-0.4, -0.2) is 28.2 Å². The van der Waals surface area contributed by atoms with Crippen LogP contribution < -0.4 is 5.32 Å². The van der Waals surface area contributed by atoms with E-state index in [9.17, 15) is 4.39 Å². The minimum absolute atomic E-state index is 0.329. The molecule has 0 saturated carbocycles. The first-order valence-corrected chi connectivity index (χ1v) is 9.46. The number of allylic oxidation sites excluding steroid dienone is 1. The standard InChI is InChI=1S/C24H20FN5/c1-15-5-6-22(25)21(8-15)23-10-20(19-4-3-7-29-24(19)30-23)17-9-16(13-28-14-17)18(11-26)12-27-2/h3-14,26-27H,1-2H3/b18-12+,26-11?. The fourth-order valence-corrected chi connectivity index (χ4v) is 3.38. The Morgan fingerprint density at radius 3 is 2.77 bits per heavy atom. The number of pyridine rings is 3. The molecule has 2 N–H and O–H groups in total. The Labute approximate surface area is 173 Å². The molecule has 0 amide bonds. The van der Waals surface area contributed by atoms with Gasteiger partial charge in [0.2, 0.25) is 0 Å². The van der Waals surface area contributed by atoms with Gasteiger partial charge in [-0.25, -0.2) is 14.4 Å². The van der Waals surface area contributed by atoms with Crippen LogP contribution in [0.2, 0.25) is 0 Å². The summed E-state index contributed by atoms with van der Waals surface area (Å²) >= 11 is 0. The van der Waals surface area contributed by atoms with E-state index in [0.717, 1.165) is 27.6 Å². The average Bonchev–Trinajstić information content (AvgIpc) is 2.78. The number of rotatable bonds is 5. The van der Waals surface area contributed by atoms with E-state index in [1.54, 1.807) is 44.0 Å². The van der Waals surface area contributed by atoms with Crippen molar-refractivity contribution in [3.05, 3.63) is 84.2 Å². The third-order valence-electron chi connectivity index (χ3n) is 4.82. The van der Waals surface area contributed by atoms with Gasteiger partial charge in [0.1, 0.15) is 5.82 Å². The van der Waals surface area contributed by atoms with Gasteiger partial charge in [0.05, 0.1) is 5.69 Å². The second kappa shape index (κ2) is 8.21. The van der Waals surface area contributed by atoms with E-state index in [4.69, 9.17) is 5.41 Å². The highest BCUT2D eigenvalue weighted by Gasteiger charge is 2.14. The summed E-state index contributed by atoms with van der Waals surface area (Å²) in [6.45, 7) is 1.92. The number of nitrogens with one attached hydrogen (secondary N) is 2. The van der Waals surface area contributed by atoms with E-state index in [0.29, 0.717) is 22.5 Å². The van der Waals surface area contributed by atoms with Crippen LogP contribution in [0.4, 0.5) is 4.39 Å². The van der Waals surface area contributed by atoms with E-state index in [-0.39, 0.29) is 5.82 Å². The molecule has 0 aliphatic heterocycles. The summed E-state index contributed by atoms with van der Waals surface area (Å²) in [6, 6.07) is 12.6. The van der Waals surface area contributed by atoms with Crippen LogP contribution in [0.5, 0.6) is 0 Å². The van der Waals surface area contributed by atoms with Gasteiger partial charge in [0.15, 0.2) is 5.65 Å². The highest BCUT2D eigenvalue weighted by atomic mass is 19.1. The first kappa shape index (κ1) is 19.4. The molecule has 0 saturated heterocycles. The molecule has 0 aliphatic rings. The second-order valence-corrected chi connectivity index (χ2v) is 6.91. The largest absolute Gasteiger partial charge is 0.393 e. The molecular weight excluding hydrogens is 377 g/mol. The number of hydrogen-bond acceptors (Lipinski definition) is 5. The van der Waals surface area contributed by atoms with Crippen LogP contribution in [0.25, 0.3) is 39.0 Å². The van der Waals surface area contributed by atoms with Crippen molar-refractivity contribution in [1.29, 1.82) is 5.41 Å². The molecule has 6 heteroatoms. The zero-order valence-electron chi connectivity index (χ0n) is 16.6. The van der Waals surface area contributed by atoms with Crippen LogP contribution in [0.1, 0.15) is 11.1 Å². The first-order valence-electron chi connectivity index (χ1n) is 9.46. The molecule has 148 valence electrons. The van der Waals surface area contributed by atoms with Crippen molar-refractivity contribution < 1.29 is 4.39 Å². The van der Waals surface area contributed by atoms with E-state index in [1.165, 1.54) is 12.3 Å². The third-order valence-corrected chi connectivity index (χ3v) is 4.82. The Morgan fingerprint density at radius 1 is 1.10 bits per heavy atom. The smallest absolute Gasteiger partial charge is 0.160 e. The second-order valence-electron chi connectivity index (χ2n) is 6.91. The van der Waals surface area contributed by atoms with Crippen LogP contribution in [0.15, 0.2) is 67.3 Å². The predicted molar refractivity (Wildman–Crippen MR) is 119 cm³/mol. The Balaban J connectivity index is 1.96. The summed E-state index contributed by atoms with van der Waals surface area (Å²) in [7, 11) is 1.78. The van der Waals surface area contributed by atoms with Crippen molar-refractivity contribution in [2.45, 2.75) is 6.92 Å². The van der Waals surface area contributed by atoms with Gasteiger partial charge in [-0.2, -0.15) is 0 Å². The maximum absolute atomic E-state index is 14.6. The maximum Gasteiger partial charge on any atom is 0.160 e. The van der Waals surface area contributed by atoms with E-state index in [1.807, 2.05) is 31.2 Å². The van der Waals surface area contributed by atoms with Crippen molar-refractivity contribution in [1.82, 2.24) is 20.3 Å². The van der Waals surface area contributed by atoms with Crippen molar-refractivity contribution in [2.75, 3.05) is 7.05 Å². The van der Waals surface area contributed by atoms with Crippen LogP contribution in [0, 0.1) is 18.2 Å². The van der Waals surface area contributed by atoms with Crippen LogP contribution in [0.3, 0.4) is 0 Å². The maximum atomic E-state index is 14.6. The van der Waals surface area contributed by atoms with Crippen molar-refractivity contribution >= 4 is 22.8 Å². The van der Waals surface area contributed by atoms with E-state index in [2.05, 4.69) is 20.3 Å². The molecule has 3 heterocycles. The van der Waals surface area contributed by atoms with Crippen LogP contribution >= 0.6 is 0 Å². The van der Waals surface area contributed by atoms with Gasteiger partial charge >= 0.3 is 0 Å². The Hall–Kier alpha value is -3.93. The molecule has 5 nitrogen and oxygen atoms in total. The summed E-state index contributed by atoms with van der Waals surface area (Å²) in [5.41, 5.74) is 5.63. The summed E-state index contributed by atoms with van der Waals surface area (Å²) < 4.78 is 14.6. The molecule has 1 aromatic carbocycles. The molecule has 0 radical (unpaired) electrons. The van der Waals surface area contributed by atoms with E-state index >= 15 is 0 Å². The summed E-state index contributed by atoms with van der Waals surface area (Å²) in [4.78, 5) is 13.4. The van der Waals surface area contributed by atoms with Gasteiger partial charge in [-0.1, -0.05) is 11.6 Å². The predicted octanol–water partition coefficient (Wildman–Crippen LogP) is 5.02. The molecular formula is C24H20FN5. The molecule has 30 heavy (non-hydrogen) atoms. The Kier molecular flexibility index (Phi) is 5.30. The normalized spacial score (nSPS) is 11.5. The van der Waals surface area contributed by atoms with Crippen molar-refractivity contribution in [3.63, 3.8) is 0 Å². The zero-order chi connectivity index (χ0) is 21.1. The van der Waals surface area contributed by atoms with Crippen LogP contribution in [-0.2, 0) is 0 Å². The van der Waals surface area contributed by atoms with E-state index < -0.39 is 0 Å². The number of hydrogen-bond donors (Lipinski definition) is 2. The highest BCUT2D eigenvalue weighted by Crippen LogP contribution is 2.33. The molecule has 0 bridgehead atoms. The molecule has 4 rings (SSSR count). The van der Waals surface area contributed by atoms with Crippen molar-refractivity contribution in [2.24, 2.45) is 0 Å². The Bertz CT molecular complexity index is 1280. The number of benzene rings is 1. The van der Waals surface area contributed by atoms with Gasteiger partial charge in [0.25, 0.3) is 0 Å². The van der Waals surface area contributed by atoms with Gasteiger partial charge in [-0.05, 0) is 48.9 Å². The number of aromatic nitrogens is 3. The van der Waals surface area contributed by atoms with Gasteiger partial charge in [-0.15, -0.1) is 0 Å². The molecule has 4 aromatic rings. The fourth-order valence-electron chi connectivity index (χ4n) is 3.38. The minimum atomic E-state index is -0.329. The number of aryl methyl sites for hydroxylation is 1. The molecule has 0 unspecified atom stereocenters. The topological polar surface area (TPSA) is 74.6 Å². The molecule has 3 aromatic heterocycles. The first-order chi connectivity index (χ1) is 14.6. The Morgan fingerprint density at radius 2 is 1.97 bits per heavy atom. The lowest BCUT2D eigenvalue weighted by Gasteiger charge is -2.12. The zero-order valence-corrected chi connectivity index (χ0v) is 16.6. The van der Waals surface area contributed by atoms with Crippen molar-refractivity contribution in [3.8, 4) is 22.4 Å². The number of nitrogens with zero attached hydrogens (tertiary/aromatic N) is 3. The monoisotopic (exact) mass is 397 g/mol. The lowest BCUT2D eigenvalue weighted by Crippen LogP contribution is -1.98. The molecule has 0 atom stereocenters. The average molecular weight is 397 g/mol. The number of fused-ring (bicyclic) bond motifs is 1. The lowest BCUT2D eigenvalue weighted by atomic mass is 9.98.